The first-order valence-electron chi connectivity index (χ1n) is 9.88. The molecule has 144 valence electrons. The van der Waals surface area contributed by atoms with Crippen molar-refractivity contribution >= 4 is 0 Å². The van der Waals surface area contributed by atoms with E-state index in [1.54, 1.807) is 0 Å². The summed E-state index contributed by atoms with van der Waals surface area (Å²) in [6, 6.07) is 19.5. The summed E-state index contributed by atoms with van der Waals surface area (Å²) in [7, 11) is 0. The van der Waals surface area contributed by atoms with Crippen molar-refractivity contribution in [3.63, 3.8) is 0 Å². The van der Waals surface area contributed by atoms with Crippen LogP contribution >= 0.6 is 0 Å². The molecule has 0 aromatic heterocycles. The molecule has 3 unspecified atom stereocenters. The summed E-state index contributed by atoms with van der Waals surface area (Å²) >= 11 is 0. The first-order chi connectivity index (χ1) is 13.8. The maximum Gasteiger partial charge on any atom is 0.159 e. The third-order valence-corrected chi connectivity index (χ3v) is 4.46. The molecule has 3 heteroatoms. The Morgan fingerprint density at radius 1 is 0.893 bits per heavy atom. The van der Waals surface area contributed by atoms with E-state index in [9.17, 15) is 5.11 Å². The summed E-state index contributed by atoms with van der Waals surface area (Å²) < 4.78 is 11.8. The molecule has 0 amide bonds. The largest absolute Gasteiger partial charge is 0.380 e. The number of rotatable bonds is 5. The quantitative estimate of drug-likeness (QED) is 0.800. The third-order valence-electron chi connectivity index (χ3n) is 4.46. The van der Waals surface area contributed by atoms with Gasteiger partial charge in [-0.15, -0.1) is 0 Å². The minimum Gasteiger partial charge on any atom is -0.380 e. The first-order valence-corrected chi connectivity index (χ1v) is 9.88. The van der Waals surface area contributed by atoms with E-state index in [0.29, 0.717) is 12.8 Å². The summed E-state index contributed by atoms with van der Waals surface area (Å²) in [5.74, 6) is 12.3. The molecular weight excluding hydrogens is 348 g/mol. The molecule has 0 radical (unpaired) electrons. The molecule has 2 aromatic carbocycles. The summed E-state index contributed by atoms with van der Waals surface area (Å²) in [6.07, 6.45) is 2.96. The van der Waals surface area contributed by atoms with Crippen molar-refractivity contribution in [1.82, 2.24) is 0 Å². The lowest BCUT2D eigenvalue weighted by molar-refractivity contribution is -0.178. The van der Waals surface area contributed by atoms with Crippen LogP contribution in [0.4, 0.5) is 0 Å². The zero-order valence-corrected chi connectivity index (χ0v) is 16.0. The Morgan fingerprint density at radius 3 is 2.14 bits per heavy atom. The van der Waals surface area contributed by atoms with Gasteiger partial charge in [0.25, 0.3) is 0 Å². The van der Waals surface area contributed by atoms with E-state index in [1.165, 1.54) is 0 Å². The van der Waals surface area contributed by atoms with Crippen molar-refractivity contribution in [2.24, 2.45) is 0 Å². The van der Waals surface area contributed by atoms with Gasteiger partial charge in [0.1, 0.15) is 12.2 Å². The van der Waals surface area contributed by atoms with E-state index in [1.807, 2.05) is 60.7 Å². The zero-order valence-electron chi connectivity index (χ0n) is 16.0. The molecule has 0 bridgehead atoms. The van der Waals surface area contributed by atoms with Gasteiger partial charge in [-0.3, -0.25) is 0 Å². The highest BCUT2D eigenvalue weighted by atomic mass is 16.7. The fourth-order valence-electron chi connectivity index (χ4n) is 2.93. The number of aliphatic hydroxyl groups excluding tert-OH is 1. The average Bonchev–Trinajstić information content (AvgIpc) is 2.76. The Morgan fingerprint density at radius 2 is 1.54 bits per heavy atom. The lowest BCUT2D eigenvalue weighted by Gasteiger charge is -2.25. The van der Waals surface area contributed by atoms with Crippen LogP contribution in [-0.4, -0.2) is 30.2 Å². The minimum absolute atomic E-state index is 0.212. The van der Waals surface area contributed by atoms with Crippen molar-refractivity contribution in [2.45, 2.75) is 50.6 Å². The summed E-state index contributed by atoms with van der Waals surface area (Å²) in [4.78, 5) is 0. The fourth-order valence-corrected chi connectivity index (χ4v) is 2.93. The number of hydrogen-bond donors (Lipinski definition) is 1. The average molecular weight is 374 g/mol. The normalized spacial score (nSPS) is 18.1. The van der Waals surface area contributed by atoms with Gasteiger partial charge in [-0.1, -0.05) is 60.1 Å². The first kappa shape index (κ1) is 20.2. The van der Waals surface area contributed by atoms with Crippen LogP contribution in [0.15, 0.2) is 60.7 Å². The molecule has 0 spiro atoms. The van der Waals surface area contributed by atoms with Crippen molar-refractivity contribution < 1.29 is 14.6 Å². The molecule has 0 saturated carbocycles. The third kappa shape index (κ3) is 7.22. The van der Waals surface area contributed by atoms with Crippen LogP contribution in [0.25, 0.3) is 0 Å². The van der Waals surface area contributed by atoms with Gasteiger partial charge in [-0.25, -0.2) is 0 Å². The van der Waals surface area contributed by atoms with E-state index in [-0.39, 0.29) is 12.4 Å². The molecule has 0 aliphatic carbocycles. The van der Waals surface area contributed by atoms with E-state index >= 15 is 0 Å². The van der Waals surface area contributed by atoms with E-state index in [4.69, 9.17) is 9.47 Å². The Hall–Kier alpha value is -2.56. The summed E-state index contributed by atoms with van der Waals surface area (Å²) in [6.45, 7) is 0.731. The molecule has 1 fully saturated rings. The molecule has 1 N–H and O–H groups in total. The highest BCUT2D eigenvalue weighted by Gasteiger charge is 2.19. The Balaban J connectivity index is 1.59. The monoisotopic (exact) mass is 374 g/mol. The molecule has 2 aromatic rings. The van der Waals surface area contributed by atoms with Crippen LogP contribution in [0.2, 0.25) is 0 Å². The molecule has 1 aliphatic rings. The van der Waals surface area contributed by atoms with E-state index in [0.717, 1.165) is 37.0 Å². The van der Waals surface area contributed by atoms with E-state index in [2.05, 4.69) is 23.7 Å². The van der Waals surface area contributed by atoms with Gasteiger partial charge >= 0.3 is 0 Å². The second-order valence-corrected chi connectivity index (χ2v) is 6.78. The van der Waals surface area contributed by atoms with Crippen LogP contribution in [0.3, 0.4) is 0 Å². The van der Waals surface area contributed by atoms with Gasteiger partial charge in [0.15, 0.2) is 6.29 Å². The topological polar surface area (TPSA) is 38.7 Å². The second-order valence-electron chi connectivity index (χ2n) is 6.78. The predicted octanol–water partition coefficient (Wildman–Crippen LogP) is 4.14. The highest BCUT2D eigenvalue weighted by molar-refractivity contribution is 5.35. The highest BCUT2D eigenvalue weighted by Crippen LogP contribution is 2.17. The van der Waals surface area contributed by atoms with Crippen molar-refractivity contribution in [3.05, 3.63) is 71.8 Å². The maximum atomic E-state index is 10.2. The number of aliphatic hydroxyl groups is 1. The molecule has 3 nitrogen and oxygen atoms in total. The van der Waals surface area contributed by atoms with Crippen LogP contribution in [0, 0.1) is 23.7 Å². The van der Waals surface area contributed by atoms with Crippen LogP contribution in [-0.2, 0) is 9.47 Å². The second kappa shape index (κ2) is 11.3. The van der Waals surface area contributed by atoms with Crippen molar-refractivity contribution in [1.29, 1.82) is 0 Å². The SMILES string of the molecule is OC(C#Cc1ccccc1)CCC(C#Cc1ccccc1)OC1CCCCO1. The number of ether oxygens (including phenoxy) is 2. The Kier molecular flexibility index (Phi) is 8.16. The smallest absolute Gasteiger partial charge is 0.159 e. The maximum absolute atomic E-state index is 10.2. The Labute approximate surface area is 167 Å². The zero-order chi connectivity index (χ0) is 19.4. The van der Waals surface area contributed by atoms with Crippen LogP contribution in [0.1, 0.15) is 43.2 Å². The number of benzene rings is 2. The lowest BCUT2D eigenvalue weighted by Crippen LogP contribution is -2.28. The van der Waals surface area contributed by atoms with Crippen LogP contribution < -0.4 is 0 Å². The van der Waals surface area contributed by atoms with Gasteiger partial charge in [0.05, 0.1) is 0 Å². The van der Waals surface area contributed by atoms with E-state index < -0.39 is 6.10 Å². The van der Waals surface area contributed by atoms with Gasteiger partial charge in [0.2, 0.25) is 0 Å². The molecule has 1 heterocycles. The van der Waals surface area contributed by atoms with Crippen LogP contribution in [0.5, 0.6) is 0 Å². The van der Waals surface area contributed by atoms with Gasteiger partial charge in [-0.2, -0.15) is 0 Å². The van der Waals surface area contributed by atoms with Gasteiger partial charge in [0, 0.05) is 17.7 Å². The molecule has 28 heavy (non-hydrogen) atoms. The molecular formula is C25H26O3. The van der Waals surface area contributed by atoms with Crippen molar-refractivity contribution in [3.8, 4) is 23.7 Å². The molecule has 1 aliphatic heterocycles. The fraction of sp³-hybridized carbons (Fsp3) is 0.360. The summed E-state index contributed by atoms with van der Waals surface area (Å²) in [5.41, 5.74) is 1.85. The van der Waals surface area contributed by atoms with Crippen molar-refractivity contribution in [2.75, 3.05) is 6.61 Å². The number of hydrogen-bond acceptors (Lipinski definition) is 3. The van der Waals surface area contributed by atoms with Gasteiger partial charge in [-0.05, 0) is 56.4 Å². The Bertz CT molecular complexity index is 818. The molecule has 3 atom stereocenters. The van der Waals surface area contributed by atoms with Gasteiger partial charge < -0.3 is 14.6 Å². The molecule has 1 saturated heterocycles. The standard InChI is InChI=1S/C25H26O3/c26-23(16-14-21-9-3-1-4-10-21)17-19-24(28-25-13-7-8-20-27-25)18-15-22-11-5-2-6-12-22/h1-6,9-12,23-26H,7-8,13,17,19-20H2. The minimum atomic E-state index is -0.711. The predicted molar refractivity (Wildman–Crippen MR) is 110 cm³/mol. The molecule has 3 rings (SSSR count). The summed E-state index contributed by atoms with van der Waals surface area (Å²) in [5, 5.41) is 10.2. The lowest BCUT2D eigenvalue weighted by atomic mass is 10.1.